The number of nitrogens with zero attached hydrogens (tertiary/aromatic N) is 4. The molecule has 0 saturated carbocycles. The lowest BCUT2D eigenvalue weighted by Crippen LogP contribution is -2.30. The van der Waals surface area contributed by atoms with Crippen molar-refractivity contribution in [2.24, 2.45) is 0 Å². The maximum absolute atomic E-state index is 6.04. The van der Waals surface area contributed by atoms with Crippen LogP contribution in [0.4, 0.5) is 5.69 Å². The molecule has 1 N–H and O–H groups in total. The van der Waals surface area contributed by atoms with E-state index in [9.17, 15) is 0 Å². The van der Waals surface area contributed by atoms with Gasteiger partial charge in [-0.25, -0.2) is 4.98 Å². The molecule has 188 valence electrons. The number of thiocarbonyl (C=S) groups is 1. The molecule has 4 heterocycles. The number of methoxy groups -OCH3 is 1. The van der Waals surface area contributed by atoms with Gasteiger partial charge in [0, 0.05) is 30.0 Å². The van der Waals surface area contributed by atoms with Crippen LogP contribution in [0, 0.1) is 0 Å². The monoisotopic (exact) mass is 519 g/mol. The van der Waals surface area contributed by atoms with Crippen LogP contribution in [0.1, 0.15) is 23.5 Å². The summed E-state index contributed by atoms with van der Waals surface area (Å²) in [6.45, 7) is 0. The molecule has 38 heavy (non-hydrogen) atoms. The fourth-order valence-corrected chi connectivity index (χ4v) is 5.07. The molecule has 0 spiro atoms. The van der Waals surface area contributed by atoms with E-state index in [1.807, 2.05) is 103 Å². The second kappa shape index (κ2) is 10.4. The standard InChI is InChI=1S/C30H25N5O2S/c1-36-22-14-16-24(17-15-22)37-23-12-10-21(11-13-23)35-29(28(33-30(35)38)25-7-2-4-18-31-25)26-8-6-20-34(26)27-9-3-5-19-32-27/h2-20,28-29H,1H3,(H,33,38)/t28-,29-/m1/s1. The summed E-state index contributed by atoms with van der Waals surface area (Å²) >= 11 is 5.89. The van der Waals surface area contributed by atoms with E-state index in [0.717, 1.165) is 40.1 Å². The first-order valence-corrected chi connectivity index (χ1v) is 12.6. The number of aromatic nitrogens is 3. The molecule has 1 saturated heterocycles. The van der Waals surface area contributed by atoms with Crippen molar-refractivity contribution in [3.05, 3.63) is 127 Å². The van der Waals surface area contributed by atoms with Crippen LogP contribution in [-0.2, 0) is 0 Å². The zero-order valence-corrected chi connectivity index (χ0v) is 21.5. The minimum Gasteiger partial charge on any atom is -0.497 e. The number of nitrogens with one attached hydrogen (secondary N) is 1. The average Bonchev–Trinajstić information content (AvgIpc) is 3.59. The van der Waals surface area contributed by atoms with Gasteiger partial charge in [0.05, 0.1) is 18.8 Å². The van der Waals surface area contributed by atoms with Gasteiger partial charge in [-0.1, -0.05) is 12.1 Å². The fraction of sp³-hybridized carbons (Fsp3) is 0.100. The first kappa shape index (κ1) is 23.7. The van der Waals surface area contributed by atoms with Crippen LogP contribution < -0.4 is 19.7 Å². The van der Waals surface area contributed by atoms with Crippen LogP contribution >= 0.6 is 12.2 Å². The van der Waals surface area contributed by atoms with Gasteiger partial charge in [0.25, 0.3) is 0 Å². The van der Waals surface area contributed by atoms with Gasteiger partial charge in [-0.15, -0.1) is 0 Å². The molecule has 1 aliphatic heterocycles. The third-order valence-electron chi connectivity index (χ3n) is 6.49. The molecule has 1 aliphatic rings. The van der Waals surface area contributed by atoms with Crippen LogP contribution in [0.2, 0.25) is 0 Å². The van der Waals surface area contributed by atoms with E-state index in [4.69, 9.17) is 21.7 Å². The van der Waals surface area contributed by atoms with Crippen LogP contribution in [0.3, 0.4) is 0 Å². The largest absolute Gasteiger partial charge is 0.497 e. The zero-order valence-electron chi connectivity index (χ0n) is 20.6. The minimum absolute atomic E-state index is 0.156. The number of hydrogen-bond donors (Lipinski definition) is 1. The molecule has 5 aromatic rings. The number of rotatable bonds is 7. The average molecular weight is 520 g/mol. The molecule has 0 radical (unpaired) electrons. The van der Waals surface area contributed by atoms with Gasteiger partial charge in [0.2, 0.25) is 0 Å². The van der Waals surface area contributed by atoms with Gasteiger partial charge >= 0.3 is 0 Å². The Kier molecular flexibility index (Phi) is 6.46. The summed E-state index contributed by atoms with van der Waals surface area (Å²) in [6, 6.07) is 31.1. The van der Waals surface area contributed by atoms with Crippen LogP contribution in [0.25, 0.3) is 5.82 Å². The van der Waals surface area contributed by atoms with Crippen molar-refractivity contribution >= 4 is 23.0 Å². The molecule has 7 nitrogen and oxygen atoms in total. The van der Waals surface area contributed by atoms with E-state index in [1.54, 1.807) is 13.3 Å². The van der Waals surface area contributed by atoms with E-state index < -0.39 is 0 Å². The summed E-state index contributed by atoms with van der Waals surface area (Å²) in [5.41, 5.74) is 2.91. The normalized spacial score (nSPS) is 16.8. The summed E-state index contributed by atoms with van der Waals surface area (Å²) in [6.07, 6.45) is 5.63. The Balaban J connectivity index is 1.36. The highest BCUT2D eigenvalue weighted by Crippen LogP contribution is 2.42. The van der Waals surface area contributed by atoms with Gasteiger partial charge in [0.15, 0.2) is 5.11 Å². The number of anilines is 1. The van der Waals surface area contributed by atoms with E-state index >= 15 is 0 Å². The molecule has 0 unspecified atom stereocenters. The Labute approximate surface area is 226 Å². The Morgan fingerprint density at radius 3 is 2.11 bits per heavy atom. The Hall–Kier alpha value is -4.69. The molecular weight excluding hydrogens is 494 g/mol. The SMILES string of the molecule is COc1ccc(Oc2ccc(N3C(=S)N[C@H](c4ccccn4)[C@H]3c3cccn3-c3ccccn3)cc2)cc1. The van der Waals surface area contributed by atoms with Crippen molar-refractivity contribution in [3.63, 3.8) is 0 Å². The number of pyridine rings is 2. The Bertz CT molecular complexity index is 1520. The summed E-state index contributed by atoms with van der Waals surface area (Å²) in [4.78, 5) is 11.4. The van der Waals surface area contributed by atoms with Gasteiger partial charge in [0.1, 0.15) is 29.1 Å². The lowest BCUT2D eigenvalue weighted by molar-refractivity contribution is 0.413. The predicted octanol–water partition coefficient (Wildman–Crippen LogP) is 6.25. The molecule has 0 aliphatic carbocycles. The summed E-state index contributed by atoms with van der Waals surface area (Å²) in [7, 11) is 1.64. The molecule has 1 fully saturated rings. The van der Waals surface area contributed by atoms with Crippen LogP contribution in [0.15, 0.2) is 116 Å². The van der Waals surface area contributed by atoms with Gasteiger partial charge in [-0.3, -0.25) is 4.98 Å². The van der Waals surface area contributed by atoms with Crippen molar-refractivity contribution < 1.29 is 9.47 Å². The Morgan fingerprint density at radius 1 is 0.763 bits per heavy atom. The lowest BCUT2D eigenvalue weighted by Gasteiger charge is -2.29. The van der Waals surface area contributed by atoms with Gasteiger partial charge in [-0.05, 0) is 97.1 Å². The van der Waals surface area contributed by atoms with Crippen LogP contribution in [0.5, 0.6) is 17.2 Å². The number of hydrogen-bond acceptors (Lipinski definition) is 5. The molecule has 3 aromatic heterocycles. The third kappa shape index (κ3) is 4.57. The maximum Gasteiger partial charge on any atom is 0.174 e. The van der Waals surface area contributed by atoms with Crippen molar-refractivity contribution in [2.75, 3.05) is 12.0 Å². The summed E-state index contributed by atoms with van der Waals surface area (Å²) in [5, 5.41) is 4.15. The highest BCUT2D eigenvalue weighted by atomic mass is 32.1. The lowest BCUT2D eigenvalue weighted by atomic mass is 10.0. The highest BCUT2D eigenvalue weighted by molar-refractivity contribution is 7.80. The second-order valence-electron chi connectivity index (χ2n) is 8.76. The van der Waals surface area contributed by atoms with E-state index in [1.165, 1.54) is 0 Å². The van der Waals surface area contributed by atoms with Crippen molar-refractivity contribution in [1.82, 2.24) is 19.9 Å². The topological polar surface area (TPSA) is 64.4 Å². The fourth-order valence-electron chi connectivity index (χ4n) is 4.73. The first-order valence-electron chi connectivity index (χ1n) is 12.2. The van der Waals surface area contributed by atoms with E-state index in [0.29, 0.717) is 5.11 Å². The quantitative estimate of drug-likeness (QED) is 0.255. The minimum atomic E-state index is -0.164. The number of ether oxygens (including phenoxy) is 2. The van der Waals surface area contributed by atoms with Crippen LogP contribution in [-0.4, -0.2) is 26.8 Å². The zero-order chi connectivity index (χ0) is 25.9. The van der Waals surface area contributed by atoms with Crippen molar-refractivity contribution in [3.8, 4) is 23.1 Å². The van der Waals surface area contributed by atoms with E-state index in [2.05, 4.69) is 30.8 Å². The van der Waals surface area contributed by atoms with Crippen molar-refractivity contribution in [2.45, 2.75) is 12.1 Å². The predicted molar refractivity (Wildman–Crippen MR) is 151 cm³/mol. The molecular formula is C30H25N5O2S. The maximum atomic E-state index is 6.04. The van der Waals surface area contributed by atoms with Gasteiger partial charge in [-0.2, -0.15) is 0 Å². The number of benzene rings is 2. The molecule has 6 rings (SSSR count). The molecule has 2 atom stereocenters. The summed E-state index contributed by atoms with van der Waals surface area (Å²) in [5.74, 6) is 3.09. The molecule has 0 amide bonds. The first-order chi connectivity index (χ1) is 18.7. The molecule has 2 aromatic carbocycles. The van der Waals surface area contributed by atoms with Crippen molar-refractivity contribution in [1.29, 1.82) is 0 Å². The second-order valence-corrected chi connectivity index (χ2v) is 9.15. The molecule has 8 heteroatoms. The Morgan fingerprint density at radius 2 is 1.45 bits per heavy atom. The smallest absolute Gasteiger partial charge is 0.174 e. The summed E-state index contributed by atoms with van der Waals surface area (Å²) < 4.78 is 13.4. The van der Waals surface area contributed by atoms with E-state index in [-0.39, 0.29) is 12.1 Å². The highest BCUT2D eigenvalue weighted by Gasteiger charge is 2.42. The van der Waals surface area contributed by atoms with Gasteiger partial charge < -0.3 is 24.3 Å². The third-order valence-corrected chi connectivity index (χ3v) is 6.80. The molecule has 0 bridgehead atoms.